The number of carboxylic acids is 1. The van der Waals surface area contributed by atoms with E-state index in [1.165, 1.54) is 0 Å². The number of carboxylic acid groups (broad SMARTS) is 1. The summed E-state index contributed by atoms with van der Waals surface area (Å²) in [4.78, 5) is 13.3. The minimum absolute atomic E-state index is 0.268. The number of aromatic carboxylic acids is 1. The molecule has 2 heterocycles. The molecule has 5 heteroatoms. The highest BCUT2D eigenvalue weighted by Crippen LogP contribution is 2.27. The van der Waals surface area contributed by atoms with E-state index in [9.17, 15) is 4.79 Å². The average molecular weight is 223 g/mol. The molecule has 1 aliphatic rings. The molecule has 1 aromatic heterocycles. The molecule has 5 nitrogen and oxygen atoms in total. The van der Waals surface area contributed by atoms with Crippen LogP contribution in [0.1, 0.15) is 35.3 Å². The number of aromatic nitrogens is 2. The lowest BCUT2D eigenvalue weighted by molar-refractivity contribution is 0.0695. The summed E-state index contributed by atoms with van der Waals surface area (Å²) < 4.78 is 1.71. The zero-order valence-corrected chi connectivity index (χ0v) is 9.68. The van der Waals surface area contributed by atoms with Gasteiger partial charge in [0.25, 0.3) is 0 Å². The van der Waals surface area contributed by atoms with Crippen LogP contribution in [0.25, 0.3) is 0 Å². The maximum absolute atomic E-state index is 11.1. The third kappa shape index (κ3) is 1.95. The van der Waals surface area contributed by atoms with Crippen LogP contribution in [0.4, 0.5) is 0 Å². The van der Waals surface area contributed by atoms with Gasteiger partial charge in [-0.3, -0.25) is 4.68 Å². The highest BCUT2D eigenvalue weighted by molar-refractivity contribution is 5.88. The SMILES string of the molecule is CCn1cc(C(=O)O)c(C2CCN(C)C2)n1. The molecule has 1 saturated heterocycles. The number of aryl methyl sites for hydroxylation is 1. The summed E-state index contributed by atoms with van der Waals surface area (Å²) in [6.07, 6.45) is 2.63. The molecular weight excluding hydrogens is 206 g/mol. The van der Waals surface area contributed by atoms with Crippen molar-refractivity contribution in [2.24, 2.45) is 0 Å². The number of carbonyl (C=O) groups is 1. The predicted octanol–water partition coefficient (Wildman–Crippen LogP) is 1.02. The Hall–Kier alpha value is -1.36. The molecule has 0 aromatic carbocycles. The van der Waals surface area contributed by atoms with Crippen molar-refractivity contribution in [2.75, 3.05) is 20.1 Å². The second-order valence-electron chi connectivity index (χ2n) is 4.34. The van der Waals surface area contributed by atoms with Crippen LogP contribution >= 0.6 is 0 Å². The number of rotatable bonds is 3. The summed E-state index contributed by atoms with van der Waals surface area (Å²) in [6.45, 7) is 4.59. The molecule has 1 aromatic rings. The van der Waals surface area contributed by atoms with Crippen molar-refractivity contribution in [2.45, 2.75) is 25.8 Å². The predicted molar refractivity (Wildman–Crippen MR) is 59.7 cm³/mol. The van der Waals surface area contributed by atoms with Gasteiger partial charge in [0, 0.05) is 25.2 Å². The number of hydrogen-bond acceptors (Lipinski definition) is 3. The molecule has 2 rings (SSSR count). The first-order chi connectivity index (χ1) is 7.61. The van der Waals surface area contributed by atoms with E-state index in [0.29, 0.717) is 12.1 Å². The first-order valence-corrected chi connectivity index (χ1v) is 5.61. The lowest BCUT2D eigenvalue weighted by Crippen LogP contribution is -2.14. The molecule has 0 aliphatic carbocycles. The average Bonchev–Trinajstić information content (AvgIpc) is 2.82. The van der Waals surface area contributed by atoms with E-state index in [-0.39, 0.29) is 5.92 Å². The van der Waals surface area contributed by atoms with Crippen molar-refractivity contribution in [1.82, 2.24) is 14.7 Å². The maximum atomic E-state index is 11.1. The Morgan fingerprint density at radius 1 is 1.69 bits per heavy atom. The highest BCUT2D eigenvalue weighted by atomic mass is 16.4. The van der Waals surface area contributed by atoms with Gasteiger partial charge in [-0.2, -0.15) is 5.10 Å². The van der Waals surface area contributed by atoms with Crippen molar-refractivity contribution >= 4 is 5.97 Å². The smallest absolute Gasteiger partial charge is 0.339 e. The number of nitrogens with zero attached hydrogens (tertiary/aromatic N) is 3. The topological polar surface area (TPSA) is 58.4 Å². The van der Waals surface area contributed by atoms with Gasteiger partial charge in [0.05, 0.1) is 5.69 Å². The third-order valence-electron chi connectivity index (χ3n) is 3.12. The van der Waals surface area contributed by atoms with E-state index in [4.69, 9.17) is 5.11 Å². The summed E-state index contributed by atoms with van der Waals surface area (Å²) in [6, 6.07) is 0. The molecule has 0 saturated carbocycles. The lowest BCUT2D eigenvalue weighted by atomic mass is 10.0. The van der Waals surface area contributed by atoms with Crippen LogP contribution in [-0.4, -0.2) is 45.9 Å². The van der Waals surface area contributed by atoms with E-state index < -0.39 is 5.97 Å². The van der Waals surface area contributed by atoms with Gasteiger partial charge in [-0.25, -0.2) is 4.79 Å². The molecule has 0 bridgehead atoms. The Morgan fingerprint density at radius 3 is 2.94 bits per heavy atom. The van der Waals surface area contributed by atoms with Crippen LogP contribution in [0.15, 0.2) is 6.20 Å². The van der Waals surface area contributed by atoms with Crippen LogP contribution in [0, 0.1) is 0 Å². The van der Waals surface area contributed by atoms with Gasteiger partial charge in [0.15, 0.2) is 0 Å². The minimum atomic E-state index is -0.871. The monoisotopic (exact) mass is 223 g/mol. The van der Waals surface area contributed by atoms with Gasteiger partial charge in [0.2, 0.25) is 0 Å². The molecule has 1 unspecified atom stereocenters. The number of hydrogen-bond donors (Lipinski definition) is 1. The Labute approximate surface area is 94.7 Å². The standard InChI is InChI=1S/C11H17N3O2/c1-3-14-7-9(11(15)16)10(12-14)8-4-5-13(2)6-8/h7-8H,3-6H2,1-2H3,(H,15,16). The molecule has 0 radical (unpaired) electrons. The molecule has 16 heavy (non-hydrogen) atoms. The van der Waals surface area contributed by atoms with Crippen molar-refractivity contribution in [3.8, 4) is 0 Å². The summed E-state index contributed by atoms with van der Waals surface area (Å²) in [5.41, 5.74) is 1.11. The van der Waals surface area contributed by atoms with E-state index in [0.717, 1.165) is 25.2 Å². The molecule has 1 N–H and O–H groups in total. The van der Waals surface area contributed by atoms with Crippen LogP contribution in [-0.2, 0) is 6.54 Å². The summed E-state index contributed by atoms with van der Waals surface area (Å²) in [5.74, 6) is -0.604. The van der Waals surface area contributed by atoms with Crippen molar-refractivity contribution < 1.29 is 9.90 Å². The highest BCUT2D eigenvalue weighted by Gasteiger charge is 2.28. The van der Waals surface area contributed by atoms with Gasteiger partial charge < -0.3 is 10.0 Å². The first kappa shape index (κ1) is 11.1. The number of likely N-dealkylation sites (N-methyl/N-ethyl adjacent to an activating group) is 1. The Morgan fingerprint density at radius 2 is 2.44 bits per heavy atom. The van der Waals surface area contributed by atoms with Crippen molar-refractivity contribution in [1.29, 1.82) is 0 Å². The Bertz CT molecular complexity index is 400. The van der Waals surface area contributed by atoms with Gasteiger partial charge in [-0.1, -0.05) is 0 Å². The second-order valence-corrected chi connectivity index (χ2v) is 4.34. The first-order valence-electron chi connectivity index (χ1n) is 5.61. The molecule has 1 fully saturated rings. The van der Waals surface area contributed by atoms with E-state index in [1.807, 2.05) is 6.92 Å². The van der Waals surface area contributed by atoms with Crippen LogP contribution in [0.3, 0.4) is 0 Å². The van der Waals surface area contributed by atoms with Gasteiger partial charge in [0.1, 0.15) is 5.56 Å². The third-order valence-corrected chi connectivity index (χ3v) is 3.12. The van der Waals surface area contributed by atoms with E-state index in [1.54, 1.807) is 10.9 Å². The maximum Gasteiger partial charge on any atom is 0.339 e. The Kier molecular flexibility index (Phi) is 2.96. The molecule has 1 aliphatic heterocycles. The summed E-state index contributed by atoms with van der Waals surface area (Å²) in [5, 5.41) is 13.5. The number of likely N-dealkylation sites (tertiary alicyclic amines) is 1. The fraction of sp³-hybridized carbons (Fsp3) is 0.636. The summed E-state index contributed by atoms with van der Waals surface area (Å²) in [7, 11) is 2.05. The van der Waals surface area contributed by atoms with E-state index >= 15 is 0 Å². The minimum Gasteiger partial charge on any atom is -0.478 e. The van der Waals surface area contributed by atoms with Gasteiger partial charge in [-0.15, -0.1) is 0 Å². The quantitative estimate of drug-likeness (QED) is 0.831. The molecule has 0 amide bonds. The second kappa shape index (κ2) is 4.25. The zero-order chi connectivity index (χ0) is 11.7. The molecule has 0 spiro atoms. The zero-order valence-electron chi connectivity index (χ0n) is 9.68. The van der Waals surface area contributed by atoms with Gasteiger partial charge in [-0.05, 0) is 26.9 Å². The fourth-order valence-corrected chi connectivity index (χ4v) is 2.22. The van der Waals surface area contributed by atoms with Crippen LogP contribution < -0.4 is 0 Å². The van der Waals surface area contributed by atoms with Crippen molar-refractivity contribution in [3.63, 3.8) is 0 Å². The Balaban J connectivity index is 2.31. The molecule has 1 atom stereocenters. The van der Waals surface area contributed by atoms with Crippen molar-refractivity contribution in [3.05, 3.63) is 17.5 Å². The fourth-order valence-electron chi connectivity index (χ4n) is 2.22. The lowest BCUT2D eigenvalue weighted by Gasteiger charge is -2.08. The molecule has 88 valence electrons. The normalized spacial score (nSPS) is 21.5. The van der Waals surface area contributed by atoms with Crippen LogP contribution in [0.2, 0.25) is 0 Å². The van der Waals surface area contributed by atoms with E-state index in [2.05, 4.69) is 17.0 Å². The van der Waals surface area contributed by atoms with Gasteiger partial charge >= 0.3 is 5.97 Å². The summed E-state index contributed by atoms with van der Waals surface area (Å²) >= 11 is 0. The largest absolute Gasteiger partial charge is 0.478 e. The molecular formula is C11H17N3O2. The van der Waals surface area contributed by atoms with Crippen LogP contribution in [0.5, 0.6) is 0 Å².